The minimum atomic E-state index is -3.24. The second kappa shape index (κ2) is 7.24. The Kier molecular flexibility index (Phi) is 6.14. The highest BCUT2D eigenvalue weighted by molar-refractivity contribution is 7.91. The van der Waals surface area contributed by atoms with Gasteiger partial charge in [0.25, 0.3) is 0 Å². The van der Waals surface area contributed by atoms with E-state index in [1.807, 2.05) is 6.92 Å². The van der Waals surface area contributed by atoms with Gasteiger partial charge < -0.3 is 10.6 Å². The SMILES string of the molecule is CNCC(C)C(=O)Nc1cccc(CS(=O)(=O)C(C)(C)C)c1. The predicted octanol–water partition coefficient (Wildman–Crippen LogP) is 2.19. The molecule has 1 atom stereocenters. The van der Waals surface area contributed by atoms with Crippen LogP contribution in [0.3, 0.4) is 0 Å². The summed E-state index contributed by atoms with van der Waals surface area (Å²) in [7, 11) is -1.45. The van der Waals surface area contributed by atoms with Gasteiger partial charge >= 0.3 is 0 Å². The molecule has 6 heteroatoms. The van der Waals surface area contributed by atoms with Gasteiger partial charge in [0.15, 0.2) is 9.84 Å². The molecule has 0 aromatic heterocycles. The average molecular weight is 326 g/mol. The fraction of sp³-hybridized carbons (Fsp3) is 0.562. The van der Waals surface area contributed by atoms with E-state index in [-0.39, 0.29) is 17.6 Å². The van der Waals surface area contributed by atoms with Gasteiger partial charge in [-0.25, -0.2) is 8.42 Å². The van der Waals surface area contributed by atoms with Crippen molar-refractivity contribution in [2.75, 3.05) is 18.9 Å². The van der Waals surface area contributed by atoms with Crippen molar-refractivity contribution in [3.63, 3.8) is 0 Å². The first-order chi connectivity index (χ1) is 10.1. The fourth-order valence-corrected chi connectivity index (χ4v) is 2.89. The molecule has 22 heavy (non-hydrogen) atoms. The monoisotopic (exact) mass is 326 g/mol. The van der Waals surface area contributed by atoms with Gasteiger partial charge in [-0.2, -0.15) is 0 Å². The summed E-state index contributed by atoms with van der Waals surface area (Å²) in [6.45, 7) is 7.48. The maximum Gasteiger partial charge on any atom is 0.228 e. The molecule has 1 rings (SSSR count). The van der Waals surface area contributed by atoms with E-state index in [1.54, 1.807) is 52.1 Å². The summed E-state index contributed by atoms with van der Waals surface area (Å²) in [4.78, 5) is 12.0. The Morgan fingerprint density at radius 1 is 1.27 bits per heavy atom. The normalized spacial score (nSPS) is 13.7. The van der Waals surface area contributed by atoms with Crippen LogP contribution >= 0.6 is 0 Å². The van der Waals surface area contributed by atoms with E-state index in [9.17, 15) is 13.2 Å². The number of hydrogen-bond acceptors (Lipinski definition) is 4. The number of sulfone groups is 1. The minimum absolute atomic E-state index is 0.0354. The number of carbonyl (C=O) groups excluding carboxylic acids is 1. The molecule has 5 nitrogen and oxygen atoms in total. The van der Waals surface area contributed by atoms with Crippen molar-refractivity contribution < 1.29 is 13.2 Å². The van der Waals surface area contributed by atoms with Gasteiger partial charge in [-0.15, -0.1) is 0 Å². The van der Waals surface area contributed by atoms with Crippen LogP contribution in [0.15, 0.2) is 24.3 Å². The third-order valence-electron chi connectivity index (χ3n) is 3.44. The van der Waals surface area contributed by atoms with E-state index in [2.05, 4.69) is 10.6 Å². The van der Waals surface area contributed by atoms with Gasteiger partial charge in [-0.3, -0.25) is 4.79 Å². The topological polar surface area (TPSA) is 75.3 Å². The molecule has 1 aromatic rings. The van der Waals surface area contributed by atoms with Crippen molar-refractivity contribution in [1.82, 2.24) is 5.32 Å². The van der Waals surface area contributed by atoms with E-state index >= 15 is 0 Å². The fourth-order valence-electron chi connectivity index (χ4n) is 1.84. The predicted molar refractivity (Wildman–Crippen MR) is 90.5 cm³/mol. The van der Waals surface area contributed by atoms with Crippen LogP contribution < -0.4 is 10.6 Å². The summed E-state index contributed by atoms with van der Waals surface area (Å²) in [6.07, 6.45) is 0. The molecule has 0 saturated heterocycles. The molecular formula is C16H26N2O3S. The third kappa shape index (κ3) is 5.10. The average Bonchev–Trinajstić information content (AvgIpc) is 2.37. The number of hydrogen-bond donors (Lipinski definition) is 2. The molecule has 0 heterocycles. The summed E-state index contributed by atoms with van der Waals surface area (Å²) in [5.41, 5.74) is 1.29. The molecule has 1 aromatic carbocycles. The van der Waals surface area contributed by atoms with Crippen molar-refractivity contribution in [3.05, 3.63) is 29.8 Å². The van der Waals surface area contributed by atoms with E-state index < -0.39 is 14.6 Å². The zero-order valence-corrected chi connectivity index (χ0v) is 14.8. The van der Waals surface area contributed by atoms with Gasteiger partial charge in [-0.1, -0.05) is 19.1 Å². The molecule has 0 spiro atoms. The molecule has 1 unspecified atom stereocenters. The van der Waals surface area contributed by atoms with Crippen LogP contribution in [0.5, 0.6) is 0 Å². The van der Waals surface area contributed by atoms with Crippen LogP contribution in [0, 0.1) is 5.92 Å². The minimum Gasteiger partial charge on any atom is -0.326 e. The summed E-state index contributed by atoms with van der Waals surface area (Å²) in [6, 6.07) is 6.99. The lowest BCUT2D eigenvalue weighted by atomic mass is 10.1. The molecule has 0 radical (unpaired) electrons. The van der Waals surface area contributed by atoms with Gasteiger partial charge in [0.05, 0.1) is 10.5 Å². The molecule has 0 fully saturated rings. The molecule has 0 aliphatic rings. The quantitative estimate of drug-likeness (QED) is 0.840. The van der Waals surface area contributed by atoms with Crippen molar-refractivity contribution in [2.24, 2.45) is 5.92 Å². The lowest BCUT2D eigenvalue weighted by Crippen LogP contribution is -2.29. The summed E-state index contributed by atoms with van der Waals surface area (Å²) < 4.78 is 23.7. The number of carbonyl (C=O) groups is 1. The molecule has 0 bridgehead atoms. The summed E-state index contributed by atoms with van der Waals surface area (Å²) >= 11 is 0. The van der Waals surface area contributed by atoms with Gasteiger partial charge in [-0.05, 0) is 45.5 Å². The molecule has 124 valence electrons. The first kappa shape index (κ1) is 18.6. The van der Waals surface area contributed by atoms with Crippen LogP contribution in [0.4, 0.5) is 5.69 Å². The Balaban J connectivity index is 2.85. The van der Waals surface area contributed by atoms with Gasteiger partial charge in [0.1, 0.15) is 0 Å². The van der Waals surface area contributed by atoms with Crippen LogP contribution in [0.2, 0.25) is 0 Å². The number of benzene rings is 1. The van der Waals surface area contributed by atoms with E-state index in [0.717, 1.165) is 0 Å². The van der Waals surface area contributed by atoms with E-state index in [4.69, 9.17) is 0 Å². The number of rotatable bonds is 6. The molecule has 0 aliphatic carbocycles. The Morgan fingerprint density at radius 3 is 2.45 bits per heavy atom. The smallest absolute Gasteiger partial charge is 0.228 e. The third-order valence-corrected chi connectivity index (χ3v) is 6.02. The molecular weight excluding hydrogens is 300 g/mol. The highest BCUT2D eigenvalue weighted by Crippen LogP contribution is 2.22. The Morgan fingerprint density at radius 2 is 1.91 bits per heavy atom. The molecule has 0 saturated carbocycles. The lowest BCUT2D eigenvalue weighted by molar-refractivity contribution is -0.119. The molecule has 2 N–H and O–H groups in total. The Bertz CT molecular complexity index is 619. The zero-order valence-electron chi connectivity index (χ0n) is 13.9. The summed E-state index contributed by atoms with van der Waals surface area (Å²) in [5.74, 6) is -0.288. The Labute approximate surface area is 133 Å². The second-order valence-corrected chi connectivity index (χ2v) is 9.26. The van der Waals surface area contributed by atoms with Crippen LogP contribution in [-0.2, 0) is 20.4 Å². The van der Waals surface area contributed by atoms with Gasteiger partial charge in [0.2, 0.25) is 5.91 Å². The maximum atomic E-state index is 12.3. The maximum absolute atomic E-state index is 12.3. The standard InChI is InChI=1S/C16H26N2O3S/c1-12(10-17-5)15(19)18-14-8-6-7-13(9-14)11-22(20,21)16(2,3)4/h6-9,12,17H,10-11H2,1-5H3,(H,18,19). The first-order valence-electron chi connectivity index (χ1n) is 7.33. The Hall–Kier alpha value is -1.40. The number of anilines is 1. The highest BCUT2D eigenvalue weighted by Gasteiger charge is 2.29. The van der Waals surface area contributed by atoms with Crippen molar-refractivity contribution >= 4 is 21.4 Å². The van der Waals surface area contributed by atoms with Crippen LogP contribution in [0.1, 0.15) is 33.3 Å². The summed E-state index contributed by atoms with van der Waals surface area (Å²) in [5, 5.41) is 5.77. The number of amides is 1. The van der Waals surface area contributed by atoms with Crippen molar-refractivity contribution in [3.8, 4) is 0 Å². The van der Waals surface area contributed by atoms with Crippen LogP contribution in [0.25, 0.3) is 0 Å². The van der Waals surface area contributed by atoms with Crippen molar-refractivity contribution in [2.45, 2.75) is 38.2 Å². The zero-order chi connectivity index (χ0) is 17.0. The van der Waals surface area contributed by atoms with Crippen LogP contribution in [-0.4, -0.2) is 32.7 Å². The molecule has 1 amide bonds. The molecule has 0 aliphatic heterocycles. The highest BCUT2D eigenvalue weighted by atomic mass is 32.2. The second-order valence-electron chi connectivity index (χ2n) is 6.52. The van der Waals surface area contributed by atoms with Crippen molar-refractivity contribution in [1.29, 1.82) is 0 Å². The van der Waals surface area contributed by atoms with E-state index in [1.165, 1.54) is 0 Å². The first-order valence-corrected chi connectivity index (χ1v) is 8.99. The van der Waals surface area contributed by atoms with Gasteiger partial charge in [0, 0.05) is 18.2 Å². The van der Waals surface area contributed by atoms with E-state index in [0.29, 0.717) is 17.8 Å². The lowest BCUT2D eigenvalue weighted by Gasteiger charge is -2.19. The number of nitrogens with one attached hydrogen (secondary N) is 2. The largest absolute Gasteiger partial charge is 0.326 e.